The second-order valence-electron chi connectivity index (χ2n) is 3.72. The highest BCUT2D eigenvalue weighted by Crippen LogP contribution is 2.17. The number of rotatable bonds is 4. The molecule has 1 aromatic carbocycles. The predicted molar refractivity (Wildman–Crippen MR) is 60.3 cm³/mol. The van der Waals surface area contributed by atoms with E-state index in [9.17, 15) is 14.7 Å². The van der Waals surface area contributed by atoms with E-state index in [0.29, 0.717) is 11.6 Å². The highest BCUT2D eigenvalue weighted by molar-refractivity contribution is 6.31. The molecule has 96 valence electrons. The van der Waals surface area contributed by atoms with Crippen LogP contribution in [0.25, 0.3) is 0 Å². The molecule has 0 spiro atoms. The van der Waals surface area contributed by atoms with Crippen molar-refractivity contribution in [3.8, 4) is 0 Å². The topological polar surface area (TPSA) is 84.9 Å². The van der Waals surface area contributed by atoms with E-state index in [1.54, 1.807) is 24.3 Å². The van der Waals surface area contributed by atoms with Crippen LogP contribution in [0.5, 0.6) is 0 Å². The Kier molecular flexibility index (Phi) is 3.51. The number of hydrogen-bond donors (Lipinski definition) is 2. The standard InChI is InChI=1S/C11H10ClNO5/c12-8-3-1-7(2-4-8)5-13-6-11(16)17-9(14)10(15)18-11/h1-4,13,16H,5-6H2. The number of halogens is 1. The molecule has 0 saturated carbocycles. The Morgan fingerprint density at radius 3 is 2.28 bits per heavy atom. The first-order valence-electron chi connectivity index (χ1n) is 5.12. The Morgan fingerprint density at radius 1 is 1.17 bits per heavy atom. The van der Waals surface area contributed by atoms with Crippen molar-refractivity contribution in [1.82, 2.24) is 5.32 Å². The number of hydrogen-bond acceptors (Lipinski definition) is 6. The predicted octanol–water partition coefficient (Wildman–Crippen LogP) is 0.176. The minimum absolute atomic E-state index is 0.215. The molecule has 1 aliphatic rings. The molecular weight excluding hydrogens is 262 g/mol. The Balaban J connectivity index is 1.84. The Hall–Kier alpha value is -1.63. The molecule has 18 heavy (non-hydrogen) atoms. The van der Waals surface area contributed by atoms with Crippen molar-refractivity contribution in [3.05, 3.63) is 34.9 Å². The van der Waals surface area contributed by atoms with Crippen LogP contribution in [0.2, 0.25) is 5.02 Å². The van der Waals surface area contributed by atoms with Gasteiger partial charge in [-0.3, -0.25) is 0 Å². The second kappa shape index (κ2) is 4.93. The first-order valence-corrected chi connectivity index (χ1v) is 5.50. The van der Waals surface area contributed by atoms with Crippen molar-refractivity contribution >= 4 is 23.5 Å². The van der Waals surface area contributed by atoms with Gasteiger partial charge in [0.15, 0.2) is 0 Å². The van der Waals surface area contributed by atoms with Gasteiger partial charge in [-0.05, 0) is 17.7 Å². The molecule has 1 aromatic rings. The number of benzene rings is 1. The average molecular weight is 272 g/mol. The van der Waals surface area contributed by atoms with Gasteiger partial charge in [0, 0.05) is 11.6 Å². The molecule has 7 heteroatoms. The lowest BCUT2D eigenvalue weighted by Crippen LogP contribution is -2.41. The number of aliphatic hydroxyl groups is 1. The lowest BCUT2D eigenvalue weighted by atomic mass is 10.2. The van der Waals surface area contributed by atoms with Gasteiger partial charge >= 0.3 is 17.9 Å². The Bertz CT molecular complexity index is 457. The van der Waals surface area contributed by atoms with Crippen LogP contribution in [0.3, 0.4) is 0 Å². The van der Waals surface area contributed by atoms with E-state index in [1.807, 2.05) is 0 Å². The molecule has 0 aromatic heterocycles. The molecule has 1 fully saturated rings. The van der Waals surface area contributed by atoms with Crippen molar-refractivity contribution in [1.29, 1.82) is 0 Å². The van der Waals surface area contributed by atoms with E-state index in [4.69, 9.17) is 11.6 Å². The molecule has 0 aliphatic carbocycles. The van der Waals surface area contributed by atoms with Gasteiger partial charge < -0.3 is 19.9 Å². The zero-order chi connectivity index (χ0) is 13.2. The van der Waals surface area contributed by atoms with E-state index in [0.717, 1.165) is 5.56 Å². The number of esters is 2. The number of nitrogens with one attached hydrogen (secondary N) is 1. The van der Waals surface area contributed by atoms with Crippen molar-refractivity contribution in [2.75, 3.05) is 6.54 Å². The van der Waals surface area contributed by atoms with Crippen LogP contribution < -0.4 is 5.32 Å². The quantitative estimate of drug-likeness (QED) is 0.600. The highest BCUT2D eigenvalue weighted by Gasteiger charge is 2.47. The van der Waals surface area contributed by atoms with Gasteiger partial charge in [0.2, 0.25) is 0 Å². The summed E-state index contributed by atoms with van der Waals surface area (Å²) >= 11 is 5.73. The summed E-state index contributed by atoms with van der Waals surface area (Å²) in [6, 6.07) is 7.05. The average Bonchev–Trinajstić information content (AvgIpc) is 2.56. The van der Waals surface area contributed by atoms with Crippen molar-refractivity contribution < 1.29 is 24.2 Å². The van der Waals surface area contributed by atoms with Crippen LogP contribution in [0.15, 0.2) is 24.3 Å². The molecule has 1 aliphatic heterocycles. The summed E-state index contributed by atoms with van der Waals surface area (Å²) in [5.41, 5.74) is 0.915. The molecule has 0 unspecified atom stereocenters. The molecular formula is C11H10ClNO5. The minimum atomic E-state index is -2.22. The fourth-order valence-electron chi connectivity index (χ4n) is 1.43. The summed E-state index contributed by atoms with van der Waals surface area (Å²) in [6.07, 6.45) is 0. The monoisotopic (exact) mass is 271 g/mol. The van der Waals surface area contributed by atoms with Crippen LogP contribution in [0, 0.1) is 0 Å². The first-order chi connectivity index (χ1) is 8.48. The summed E-state index contributed by atoms with van der Waals surface area (Å²) in [6.45, 7) is 0.182. The summed E-state index contributed by atoms with van der Waals surface area (Å²) in [4.78, 5) is 21.5. The van der Waals surface area contributed by atoms with Crippen LogP contribution >= 0.6 is 11.6 Å². The van der Waals surface area contributed by atoms with Crippen LogP contribution in [-0.4, -0.2) is 29.6 Å². The zero-order valence-electron chi connectivity index (χ0n) is 9.18. The summed E-state index contributed by atoms with van der Waals surface area (Å²) in [5, 5.41) is 13.0. The maximum Gasteiger partial charge on any atom is 0.422 e. The largest absolute Gasteiger partial charge is 0.422 e. The van der Waals surface area contributed by atoms with E-state index >= 15 is 0 Å². The third-order valence-electron chi connectivity index (χ3n) is 2.26. The van der Waals surface area contributed by atoms with Gasteiger partial charge in [0.1, 0.15) is 6.54 Å². The summed E-state index contributed by atoms with van der Waals surface area (Å²) in [5.74, 6) is -4.63. The van der Waals surface area contributed by atoms with Crippen LogP contribution in [-0.2, 0) is 25.6 Å². The van der Waals surface area contributed by atoms with Crippen LogP contribution in [0.1, 0.15) is 5.56 Å². The highest BCUT2D eigenvalue weighted by atomic mass is 35.5. The molecule has 1 heterocycles. The molecule has 0 amide bonds. The SMILES string of the molecule is O=C1OC(O)(CNCc2ccc(Cl)cc2)OC1=O. The van der Waals surface area contributed by atoms with E-state index in [2.05, 4.69) is 14.8 Å². The van der Waals surface area contributed by atoms with Gasteiger partial charge in [-0.2, -0.15) is 0 Å². The number of ether oxygens (including phenoxy) is 2. The molecule has 6 nitrogen and oxygen atoms in total. The number of carbonyl (C=O) groups is 2. The van der Waals surface area contributed by atoms with Crippen LogP contribution in [0.4, 0.5) is 0 Å². The maximum atomic E-state index is 10.8. The first kappa shape index (κ1) is 12.8. The summed E-state index contributed by atoms with van der Waals surface area (Å²) in [7, 11) is 0. The summed E-state index contributed by atoms with van der Waals surface area (Å²) < 4.78 is 8.76. The second-order valence-corrected chi connectivity index (χ2v) is 4.16. The minimum Gasteiger partial charge on any atom is -0.388 e. The molecule has 0 radical (unpaired) electrons. The lowest BCUT2D eigenvalue weighted by molar-refractivity contribution is -0.287. The zero-order valence-corrected chi connectivity index (χ0v) is 9.94. The number of cyclic esters (lactones) is 2. The maximum absolute atomic E-state index is 10.8. The normalized spacial score (nSPS) is 17.4. The van der Waals surface area contributed by atoms with Gasteiger partial charge in [-0.15, -0.1) is 0 Å². The van der Waals surface area contributed by atoms with Crippen molar-refractivity contribution in [2.45, 2.75) is 12.5 Å². The Morgan fingerprint density at radius 2 is 1.72 bits per heavy atom. The Labute approximate surface area is 107 Å². The molecule has 2 rings (SSSR count). The van der Waals surface area contributed by atoms with E-state index < -0.39 is 17.9 Å². The van der Waals surface area contributed by atoms with Gasteiger partial charge in [0.25, 0.3) is 0 Å². The van der Waals surface area contributed by atoms with E-state index in [1.165, 1.54) is 0 Å². The van der Waals surface area contributed by atoms with Gasteiger partial charge in [-0.25, -0.2) is 9.59 Å². The lowest BCUT2D eigenvalue weighted by Gasteiger charge is -2.18. The molecule has 2 N–H and O–H groups in total. The third kappa shape index (κ3) is 2.98. The van der Waals surface area contributed by atoms with E-state index in [-0.39, 0.29) is 6.54 Å². The van der Waals surface area contributed by atoms with Gasteiger partial charge in [0.05, 0.1) is 0 Å². The molecule has 0 atom stereocenters. The van der Waals surface area contributed by atoms with Crippen molar-refractivity contribution in [3.63, 3.8) is 0 Å². The van der Waals surface area contributed by atoms with Gasteiger partial charge in [-0.1, -0.05) is 23.7 Å². The third-order valence-corrected chi connectivity index (χ3v) is 2.51. The number of carbonyl (C=O) groups excluding carboxylic acids is 2. The fourth-order valence-corrected chi connectivity index (χ4v) is 1.56. The van der Waals surface area contributed by atoms with Crippen molar-refractivity contribution in [2.24, 2.45) is 0 Å². The molecule has 1 saturated heterocycles. The molecule has 0 bridgehead atoms. The fraction of sp³-hybridized carbons (Fsp3) is 0.273. The smallest absolute Gasteiger partial charge is 0.388 e.